The number of hydrogen-bond donors (Lipinski definition) is 0. The molecule has 0 bridgehead atoms. The Labute approximate surface area is 183 Å². The molecule has 1 amide bonds. The zero-order valence-electron chi connectivity index (χ0n) is 17.7. The van der Waals surface area contributed by atoms with Crippen LogP contribution < -0.4 is 18.7 Å². The van der Waals surface area contributed by atoms with Crippen molar-refractivity contribution in [1.29, 1.82) is 0 Å². The number of carbonyl (C=O) groups is 1. The minimum absolute atomic E-state index is 0.0151. The Hall–Kier alpha value is -2.94. The zero-order valence-corrected chi connectivity index (χ0v) is 18.5. The van der Waals surface area contributed by atoms with Crippen molar-refractivity contribution < 1.29 is 22.7 Å². The van der Waals surface area contributed by atoms with Crippen LogP contribution in [0.5, 0.6) is 11.5 Å². The number of fused-ring (bicyclic) bond motifs is 1. The van der Waals surface area contributed by atoms with Gasteiger partial charge >= 0.3 is 0 Å². The van der Waals surface area contributed by atoms with E-state index in [2.05, 4.69) is 4.90 Å². The lowest BCUT2D eigenvalue weighted by molar-refractivity contribution is -0.138. The highest BCUT2D eigenvalue weighted by molar-refractivity contribution is 7.92. The molecule has 0 aliphatic carbocycles. The van der Waals surface area contributed by atoms with Gasteiger partial charge in [0, 0.05) is 26.2 Å². The van der Waals surface area contributed by atoms with Crippen LogP contribution in [0.4, 0.5) is 11.4 Å². The first-order valence-electron chi connectivity index (χ1n) is 10.4. The van der Waals surface area contributed by atoms with E-state index in [1.807, 2.05) is 24.3 Å². The Morgan fingerprint density at radius 1 is 1.03 bits per heavy atom. The van der Waals surface area contributed by atoms with E-state index in [0.29, 0.717) is 37.6 Å². The number of piperazine rings is 1. The largest absolute Gasteiger partial charge is 0.495 e. The third kappa shape index (κ3) is 4.14. The second kappa shape index (κ2) is 8.66. The van der Waals surface area contributed by atoms with Gasteiger partial charge in [0.15, 0.2) is 6.10 Å². The lowest BCUT2D eigenvalue weighted by Gasteiger charge is -2.40. The highest BCUT2D eigenvalue weighted by Gasteiger charge is 2.38. The van der Waals surface area contributed by atoms with Gasteiger partial charge in [0.25, 0.3) is 5.91 Å². The lowest BCUT2D eigenvalue weighted by atomic mass is 10.2. The van der Waals surface area contributed by atoms with Gasteiger partial charge in [0.1, 0.15) is 11.5 Å². The summed E-state index contributed by atoms with van der Waals surface area (Å²) in [5, 5.41) is 0. The molecule has 2 heterocycles. The van der Waals surface area contributed by atoms with Crippen molar-refractivity contribution in [3.8, 4) is 11.5 Å². The van der Waals surface area contributed by atoms with Crippen molar-refractivity contribution >= 4 is 27.3 Å². The molecule has 2 aliphatic heterocycles. The number of carbonyl (C=O) groups excluding carboxylic acids is 1. The van der Waals surface area contributed by atoms with Crippen molar-refractivity contribution in [3.05, 3.63) is 48.5 Å². The molecule has 0 unspecified atom stereocenters. The maximum Gasteiger partial charge on any atom is 0.265 e. The standard InChI is InChI=1S/C22H27N3O5S/c1-3-31(27,28)25-16-21(30-20-11-7-5-9-18(20)25)22(26)24-14-12-23(13-15-24)17-8-4-6-10-19(17)29-2/h4-11,21H,3,12-16H2,1-2H3/t21-/m1/s1. The fourth-order valence-electron chi connectivity index (χ4n) is 4.01. The van der Waals surface area contributed by atoms with Gasteiger partial charge < -0.3 is 19.3 Å². The summed E-state index contributed by atoms with van der Waals surface area (Å²) < 4.78 is 38.0. The number of methoxy groups -OCH3 is 1. The van der Waals surface area contributed by atoms with Crippen molar-refractivity contribution in [2.24, 2.45) is 0 Å². The molecule has 8 nitrogen and oxygen atoms in total. The average Bonchev–Trinajstić information content (AvgIpc) is 2.82. The molecule has 1 atom stereocenters. The molecule has 166 valence electrons. The third-order valence-corrected chi connectivity index (χ3v) is 7.47. The Bertz CT molecular complexity index is 1050. The Morgan fingerprint density at radius 2 is 1.68 bits per heavy atom. The van der Waals surface area contributed by atoms with Crippen LogP contribution in [0, 0.1) is 0 Å². The first kappa shape index (κ1) is 21.3. The van der Waals surface area contributed by atoms with Gasteiger partial charge in [-0.05, 0) is 31.2 Å². The third-order valence-electron chi connectivity index (χ3n) is 5.73. The molecule has 9 heteroatoms. The first-order valence-corrected chi connectivity index (χ1v) is 12.0. The summed E-state index contributed by atoms with van der Waals surface area (Å²) in [6, 6.07) is 14.8. The average molecular weight is 446 g/mol. The number of nitrogens with zero attached hydrogens (tertiary/aromatic N) is 3. The molecule has 31 heavy (non-hydrogen) atoms. The predicted octanol–water partition coefficient (Wildman–Crippen LogP) is 1.96. The van der Waals surface area contributed by atoms with Crippen LogP contribution >= 0.6 is 0 Å². The fourth-order valence-corrected chi connectivity index (χ4v) is 5.14. The second-order valence-electron chi connectivity index (χ2n) is 7.49. The number of amides is 1. The highest BCUT2D eigenvalue weighted by Crippen LogP contribution is 2.35. The van der Waals surface area contributed by atoms with E-state index in [1.54, 1.807) is 43.2 Å². The van der Waals surface area contributed by atoms with Crippen LogP contribution in [0.3, 0.4) is 0 Å². The number of sulfonamides is 1. The van der Waals surface area contributed by atoms with E-state index < -0.39 is 16.1 Å². The topological polar surface area (TPSA) is 79.4 Å². The number of para-hydroxylation sites is 4. The molecule has 0 aromatic heterocycles. The van der Waals surface area contributed by atoms with Crippen LogP contribution in [0.25, 0.3) is 0 Å². The fraction of sp³-hybridized carbons (Fsp3) is 0.409. The second-order valence-corrected chi connectivity index (χ2v) is 9.67. The first-order chi connectivity index (χ1) is 14.9. The van der Waals surface area contributed by atoms with Gasteiger partial charge in [-0.25, -0.2) is 8.42 Å². The molecule has 0 saturated carbocycles. The van der Waals surface area contributed by atoms with Gasteiger partial charge in [-0.1, -0.05) is 24.3 Å². The molecule has 2 aromatic carbocycles. The van der Waals surface area contributed by atoms with E-state index >= 15 is 0 Å². The molecule has 2 aliphatic rings. The molecule has 4 rings (SSSR count). The van der Waals surface area contributed by atoms with E-state index in [4.69, 9.17) is 9.47 Å². The summed E-state index contributed by atoms with van der Waals surface area (Å²) in [6.45, 7) is 3.96. The van der Waals surface area contributed by atoms with Crippen molar-refractivity contribution in [2.75, 3.05) is 54.8 Å². The number of benzene rings is 2. The summed E-state index contributed by atoms with van der Waals surface area (Å²) in [5.74, 6) is 0.983. The summed E-state index contributed by atoms with van der Waals surface area (Å²) >= 11 is 0. The Balaban J connectivity index is 1.48. The van der Waals surface area contributed by atoms with E-state index in [1.165, 1.54) is 4.31 Å². The number of ether oxygens (including phenoxy) is 2. The molecule has 1 fully saturated rings. The van der Waals surface area contributed by atoms with Crippen LogP contribution in [0.15, 0.2) is 48.5 Å². The molecular weight excluding hydrogens is 418 g/mol. The molecule has 0 spiro atoms. The number of hydrogen-bond acceptors (Lipinski definition) is 6. The van der Waals surface area contributed by atoms with E-state index in [9.17, 15) is 13.2 Å². The number of rotatable bonds is 5. The lowest BCUT2D eigenvalue weighted by Crippen LogP contribution is -2.56. The van der Waals surface area contributed by atoms with E-state index in [-0.39, 0.29) is 18.2 Å². The molecule has 0 N–H and O–H groups in total. The molecule has 1 saturated heterocycles. The van der Waals surface area contributed by atoms with Crippen LogP contribution in [-0.4, -0.2) is 70.9 Å². The van der Waals surface area contributed by atoms with Gasteiger partial charge in [-0.2, -0.15) is 0 Å². The SMILES string of the molecule is CCS(=O)(=O)N1C[C@H](C(=O)N2CCN(c3ccccc3OC)CC2)Oc2ccccc21. The van der Waals surface area contributed by atoms with Crippen molar-refractivity contribution in [2.45, 2.75) is 13.0 Å². The van der Waals surface area contributed by atoms with E-state index in [0.717, 1.165) is 11.4 Å². The predicted molar refractivity (Wildman–Crippen MR) is 119 cm³/mol. The zero-order chi connectivity index (χ0) is 22.0. The highest BCUT2D eigenvalue weighted by atomic mass is 32.2. The van der Waals surface area contributed by atoms with Gasteiger partial charge in [-0.15, -0.1) is 0 Å². The molecular formula is C22H27N3O5S. The smallest absolute Gasteiger partial charge is 0.265 e. The maximum atomic E-state index is 13.2. The summed E-state index contributed by atoms with van der Waals surface area (Å²) in [4.78, 5) is 17.2. The Kier molecular flexibility index (Phi) is 5.95. The quantitative estimate of drug-likeness (QED) is 0.700. The van der Waals surface area contributed by atoms with Gasteiger partial charge in [0.2, 0.25) is 10.0 Å². The minimum atomic E-state index is -3.52. The van der Waals surface area contributed by atoms with Gasteiger partial charge in [-0.3, -0.25) is 9.10 Å². The Morgan fingerprint density at radius 3 is 2.35 bits per heavy atom. The normalized spacial score (nSPS) is 18.9. The van der Waals surface area contributed by atoms with Crippen LogP contribution in [0.2, 0.25) is 0 Å². The summed E-state index contributed by atoms with van der Waals surface area (Å²) in [7, 11) is -1.88. The monoisotopic (exact) mass is 445 g/mol. The van der Waals surface area contributed by atoms with Crippen molar-refractivity contribution in [1.82, 2.24) is 4.90 Å². The van der Waals surface area contributed by atoms with Crippen LogP contribution in [0.1, 0.15) is 6.92 Å². The number of anilines is 2. The summed E-state index contributed by atoms with van der Waals surface area (Å²) in [6.07, 6.45) is -0.867. The minimum Gasteiger partial charge on any atom is -0.495 e. The molecule has 2 aromatic rings. The van der Waals surface area contributed by atoms with Crippen molar-refractivity contribution in [3.63, 3.8) is 0 Å². The van der Waals surface area contributed by atoms with Gasteiger partial charge in [0.05, 0.1) is 30.8 Å². The summed E-state index contributed by atoms with van der Waals surface area (Å²) in [5.41, 5.74) is 1.48. The maximum absolute atomic E-state index is 13.2. The van der Waals surface area contributed by atoms with Crippen LogP contribution in [-0.2, 0) is 14.8 Å². The molecule has 0 radical (unpaired) electrons.